The van der Waals surface area contributed by atoms with Gasteiger partial charge in [0, 0.05) is 23.9 Å². The fourth-order valence-electron chi connectivity index (χ4n) is 1.32. The van der Waals surface area contributed by atoms with E-state index >= 15 is 0 Å². The minimum atomic E-state index is -0.405. The molecule has 0 bridgehead atoms. The topological polar surface area (TPSA) is 43.1 Å². The van der Waals surface area contributed by atoms with Gasteiger partial charge in [0.15, 0.2) is 0 Å². The van der Waals surface area contributed by atoms with Gasteiger partial charge in [-0.05, 0) is 30.7 Å². The molecule has 0 radical (unpaired) electrons. The first-order chi connectivity index (χ1) is 6.99. The highest BCUT2D eigenvalue weighted by Crippen LogP contribution is 2.16. The first-order valence-corrected chi connectivity index (χ1v) is 5.08. The van der Waals surface area contributed by atoms with Crippen LogP contribution in [0.15, 0.2) is 18.2 Å². The molecule has 82 valence electrons. The molecule has 1 rings (SSSR count). The fraction of sp³-hybridized carbons (Fsp3) is 0.364. The van der Waals surface area contributed by atoms with Gasteiger partial charge in [0.2, 0.25) is 0 Å². The number of ketones is 1. The molecule has 0 aliphatic carbocycles. The second-order valence-electron chi connectivity index (χ2n) is 3.63. The van der Waals surface area contributed by atoms with E-state index in [0.29, 0.717) is 10.6 Å². The Balaban J connectivity index is 2.71. The number of carbonyl (C=O) groups is 1. The second-order valence-corrected chi connectivity index (χ2v) is 4.07. The lowest BCUT2D eigenvalue weighted by molar-refractivity contribution is -0.118. The first kappa shape index (κ1) is 12.1. The largest absolute Gasteiger partial charge is 0.328 e. The summed E-state index contributed by atoms with van der Waals surface area (Å²) in [6, 6.07) is 3.99. The number of rotatable bonds is 4. The lowest BCUT2D eigenvalue weighted by Crippen LogP contribution is -2.20. The third-order valence-electron chi connectivity index (χ3n) is 1.95. The SMILES string of the molecule is CC(N)CC(=O)Cc1cc(Cl)ccc1F. The van der Waals surface area contributed by atoms with Gasteiger partial charge in [-0.2, -0.15) is 0 Å². The van der Waals surface area contributed by atoms with Crippen molar-refractivity contribution < 1.29 is 9.18 Å². The maximum atomic E-state index is 13.2. The van der Waals surface area contributed by atoms with Crippen LogP contribution in [-0.2, 0) is 11.2 Å². The van der Waals surface area contributed by atoms with Gasteiger partial charge in [0.1, 0.15) is 11.6 Å². The molecule has 0 saturated heterocycles. The van der Waals surface area contributed by atoms with Crippen LogP contribution >= 0.6 is 11.6 Å². The van der Waals surface area contributed by atoms with Gasteiger partial charge in [-0.3, -0.25) is 4.79 Å². The van der Waals surface area contributed by atoms with E-state index in [1.165, 1.54) is 18.2 Å². The highest BCUT2D eigenvalue weighted by atomic mass is 35.5. The van der Waals surface area contributed by atoms with Gasteiger partial charge in [0.25, 0.3) is 0 Å². The molecular formula is C11H13ClFNO. The zero-order valence-corrected chi connectivity index (χ0v) is 9.22. The van der Waals surface area contributed by atoms with Gasteiger partial charge >= 0.3 is 0 Å². The molecule has 0 fully saturated rings. The van der Waals surface area contributed by atoms with E-state index in [1.54, 1.807) is 6.92 Å². The Hall–Kier alpha value is -0.930. The van der Waals surface area contributed by atoms with E-state index in [0.717, 1.165) is 0 Å². The smallest absolute Gasteiger partial charge is 0.138 e. The van der Waals surface area contributed by atoms with Crippen LogP contribution in [-0.4, -0.2) is 11.8 Å². The Bertz CT molecular complexity index is 366. The maximum absolute atomic E-state index is 13.2. The molecule has 1 aromatic carbocycles. The summed E-state index contributed by atoms with van der Waals surface area (Å²) in [4.78, 5) is 11.4. The van der Waals surface area contributed by atoms with Gasteiger partial charge in [-0.15, -0.1) is 0 Å². The van der Waals surface area contributed by atoms with Crippen LogP contribution in [0.2, 0.25) is 5.02 Å². The van der Waals surface area contributed by atoms with Crippen LogP contribution < -0.4 is 5.73 Å². The first-order valence-electron chi connectivity index (χ1n) is 4.70. The normalized spacial score (nSPS) is 12.5. The van der Waals surface area contributed by atoms with Crippen LogP contribution in [0.5, 0.6) is 0 Å². The van der Waals surface area contributed by atoms with Crippen LogP contribution in [0.1, 0.15) is 18.9 Å². The van der Waals surface area contributed by atoms with Gasteiger partial charge in [-0.1, -0.05) is 11.6 Å². The predicted molar refractivity (Wildman–Crippen MR) is 58.4 cm³/mol. The zero-order chi connectivity index (χ0) is 11.4. The highest BCUT2D eigenvalue weighted by molar-refractivity contribution is 6.30. The van der Waals surface area contributed by atoms with E-state index in [4.69, 9.17) is 17.3 Å². The van der Waals surface area contributed by atoms with Crippen LogP contribution in [0, 0.1) is 5.82 Å². The Kier molecular flexibility index (Phi) is 4.24. The molecule has 0 aliphatic rings. The molecule has 0 spiro atoms. The summed E-state index contributed by atoms with van der Waals surface area (Å²) in [5.41, 5.74) is 5.80. The van der Waals surface area contributed by atoms with E-state index in [9.17, 15) is 9.18 Å². The van der Waals surface area contributed by atoms with Crippen molar-refractivity contribution >= 4 is 17.4 Å². The van der Waals surface area contributed by atoms with Crippen molar-refractivity contribution in [3.63, 3.8) is 0 Å². The van der Waals surface area contributed by atoms with Crippen LogP contribution in [0.3, 0.4) is 0 Å². The second kappa shape index (κ2) is 5.24. The number of hydrogen-bond donors (Lipinski definition) is 1. The summed E-state index contributed by atoms with van der Waals surface area (Å²) in [5.74, 6) is -0.483. The summed E-state index contributed by atoms with van der Waals surface area (Å²) in [6.07, 6.45) is 0.305. The molecule has 0 heterocycles. The highest BCUT2D eigenvalue weighted by Gasteiger charge is 2.10. The average Bonchev–Trinajstić information content (AvgIpc) is 2.10. The summed E-state index contributed by atoms with van der Waals surface area (Å²) >= 11 is 5.70. The summed E-state index contributed by atoms with van der Waals surface area (Å²) in [5, 5.41) is 0.431. The lowest BCUT2D eigenvalue weighted by Gasteiger charge is -2.05. The third-order valence-corrected chi connectivity index (χ3v) is 2.18. The Morgan fingerprint density at radius 3 is 2.87 bits per heavy atom. The number of halogens is 2. The maximum Gasteiger partial charge on any atom is 0.138 e. The summed E-state index contributed by atoms with van der Waals surface area (Å²) in [6.45, 7) is 1.74. The molecule has 0 saturated carbocycles. The number of hydrogen-bond acceptors (Lipinski definition) is 2. The zero-order valence-electron chi connectivity index (χ0n) is 8.47. The average molecular weight is 230 g/mol. The Labute approximate surface area is 93.2 Å². The number of benzene rings is 1. The van der Waals surface area contributed by atoms with Crippen molar-refractivity contribution in [1.82, 2.24) is 0 Å². The number of Topliss-reactive ketones (excluding diaryl/α,β-unsaturated/α-hetero) is 1. The number of carbonyl (C=O) groups excluding carboxylic acids is 1. The molecule has 1 unspecified atom stereocenters. The molecule has 1 aromatic rings. The van der Waals surface area contributed by atoms with E-state index in [2.05, 4.69) is 0 Å². The van der Waals surface area contributed by atoms with Crippen molar-refractivity contribution in [3.8, 4) is 0 Å². The molecule has 0 aromatic heterocycles. The minimum Gasteiger partial charge on any atom is -0.328 e. The predicted octanol–water partition coefficient (Wildman–Crippen LogP) is 2.33. The van der Waals surface area contributed by atoms with E-state index in [-0.39, 0.29) is 24.7 Å². The summed E-state index contributed by atoms with van der Waals surface area (Å²) in [7, 11) is 0. The molecule has 0 aliphatic heterocycles. The van der Waals surface area contributed by atoms with Crippen LogP contribution in [0.4, 0.5) is 4.39 Å². The third kappa shape index (κ3) is 3.98. The molecule has 1 atom stereocenters. The van der Waals surface area contributed by atoms with Crippen molar-refractivity contribution in [1.29, 1.82) is 0 Å². The van der Waals surface area contributed by atoms with E-state index in [1.807, 2.05) is 0 Å². The van der Waals surface area contributed by atoms with Gasteiger partial charge < -0.3 is 5.73 Å². The summed E-state index contributed by atoms with van der Waals surface area (Å²) < 4.78 is 13.2. The van der Waals surface area contributed by atoms with Crippen LogP contribution in [0.25, 0.3) is 0 Å². The monoisotopic (exact) mass is 229 g/mol. The Morgan fingerprint density at radius 2 is 2.27 bits per heavy atom. The van der Waals surface area contributed by atoms with Crippen molar-refractivity contribution in [2.45, 2.75) is 25.8 Å². The number of nitrogens with two attached hydrogens (primary N) is 1. The molecule has 2 N–H and O–H groups in total. The lowest BCUT2D eigenvalue weighted by atomic mass is 10.0. The van der Waals surface area contributed by atoms with Crippen molar-refractivity contribution in [3.05, 3.63) is 34.6 Å². The molecular weight excluding hydrogens is 217 g/mol. The van der Waals surface area contributed by atoms with Crippen molar-refractivity contribution in [2.24, 2.45) is 5.73 Å². The quantitative estimate of drug-likeness (QED) is 0.861. The standard InChI is InChI=1S/C11H13ClFNO/c1-7(14)4-10(15)6-8-5-9(12)2-3-11(8)13/h2-3,5,7H,4,6,14H2,1H3. The molecule has 2 nitrogen and oxygen atoms in total. The van der Waals surface area contributed by atoms with Crippen molar-refractivity contribution in [2.75, 3.05) is 0 Å². The fourth-order valence-corrected chi connectivity index (χ4v) is 1.52. The van der Waals surface area contributed by atoms with Gasteiger partial charge in [-0.25, -0.2) is 4.39 Å². The molecule has 0 amide bonds. The van der Waals surface area contributed by atoms with E-state index < -0.39 is 5.82 Å². The molecule has 4 heteroatoms. The Morgan fingerprint density at radius 1 is 1.60 bits per heavy atom. The molecule has 15 heavy (non-hydrogen) atoms. The van der Waals surface area contributed by atoms with Gasteiger partial charge in [0.05, 0.1) is 0 Å². The minimum absolute atomic E-state index is 0.0495.